The Kier molecular flexibility index (Phi) is 1.09. The minimum Gasteiger partial charge on any atom is -0.301 e. The van der Waals surface area contributed by atoms with Crippen molar-refractivity contribution in [2.75, 3.05) is 0 Å². The minimum atomic E-state index is -1.79. The monoisotopic (exact) mass is 160 g/mol. The molecule has 2 bridgehead atoms. The predicted octanol–water partition coefficient (Wildman–Crippen LogP) is 2.48. The molecular weight excluding hydrogens is 150 g/mol. The van der Waals surface area contributed by atoms with Gasteiger partial charge in [-0.25, -0.2) is 8.78 Å². The third-order valence-electron chi connectivity index (χ3n) is 2.77. The quantitative estimate of drug-likeness (QED) is 0.494. The molecule has 0 aromatic heterocycles. The molecule has 11 heavy (non-hydrogen) atoms. The van der Waals surface area contributed by atoms with Gasteiger partial charge in [0.05, 0.1) is 0 Å². The first kappa shape index (κ1) is 7.22. The third kappa shape index (κ3) is 0.670. The van der Waals surface area contributed by atoms with Crippen LogP contribution in [-0.2, 0) is 4.74 Å². The van der Waals surface area contributed by atoms with E-state index >= 15 is 0 Å². The lowest BCUT2D eigenvalue weighted by Crippen LogP contribution is -2.20. The molecule has 0 N–H and O–H groups in total. The molecule has 2 aliphatic rings. The first-order chi connectivity index (χ1) is 4.98. The van der Waals surface area contributed by atoms with Crippen LogP contribution in [0.1, 0.15) is 26.7 Å². The maximum absolute atomic E-state index is 13.5. The standard InChI is InChI=1S/C8H10F2O/c1-5-6(2)8(10)4-3-7(5,9)11-8/h3-4H2,1-2H3. The SMILES string of the molecule is CC1=C(C)C2(F)CCC1(F)O2. The summed E-state index contributed by atoms with van der Waals surface area (Å²) in [4.78, 5) is 0. The maximum Gasteiger partial charge on any atom is 0.234 e. The van der Waals surface area contributed by atoms with Crippen molar-refractivity contribution in [2.24, 2.45) is 0 Å². The van der Waals surface area contributed by atoms with Crippen LogP contribution in [0.15, 0.2) is 11.1 Å². The zero-order valence-electron chi connectivity index (χ0n) is 6.58. The van der Waals surface area contributed by atoms with E-state index in [0.29, 0.717) is 11.1 Å². The summed E-state index contributed by atoms with van der Waals surface area (Å²) in [6.07, 6.45) is 0.319. The van der Waals surface area contributed by atoms with E-state index in [1.54, 1.807) is 13.8 Å². The van der Waals surface area contributed by atoms with Gasteiger partial charge in [0, 0.05) is 12.8 Å². The fourth-order valence-electron chi connectivity index (χ4n) is 1.77. The molecule has 2 aliphatic heterocycles. The highest BCUT2D eigenvalue weighted by atomic mass is 19.2. The molecule has 0 spiro atoms. The third-order valence-corrected chi connectivity index (χ3v) is 2.77. The van der Waals surface area contributed by atoms with Crippen LogP contribution in [0.25, 0.3) is 0 Å². The van der Waals surface area contributed by atoms with Gasteiger partial charge in [-0.15, -0.1) is 0 Å². The number of alkyl halides is 2. The van der Waals surface area contributed by atoms with Crippen LogP contribution in [0.3, 0.4) is 0 Å². The Balaban J connectivity index is 2.52. The second-order valence-electron chi connectivity index (χ2n) is 3.31. The van der Waals surface area contributed by atoms with Gasteiger partial charge < -0.3 is 4.74 Å². The van der Waals surface area contributed by atoms with Gasteiger partial charge in [-0.3, -0.25) is 0 Å². The van der Waals surface area contributed by atoms with Crippen LogP contribution < -0.4 is 0 Å². The number of hydrogen-bond donors (Lipinski definition) is 0. The summed E-state index contributed by atoms with van der Waals surface area (Å²) in [6.45, 7) is 3.19. The normalized spacial score (nSPS) is 49.1. The number of halogens is 2. The molecule has 2 atom stereocenters. The lowest BCUT2D eigenvalue weighted by Gasteiger charge is -2.16. The summed E-state index contributed by atoms with van der Waals surface area (Å²) < 4.78 is 31.6. The lowest BCUT2D eigenvalue weighted by atomic mass is 9.91. The molecule has 0 saturated carbocycles. The Morgan fingerprint density at radius 2 is 1.45 bits per heavy atom. The summed E-state index contributed by atoms with van der Waals surface area (Å²) in [6, 6.07) is 0. The molecule has 0 aromatic rings. The number of fused-ring (bicyclic) bond motifs is 2. The van der Waals surface area contributed by atoms with Crippen molar-refractivity contribution in [3.8, 4) is 0 Å². The molecule has 0 aliphatic carbocycles. The van der Waals surface area contributed by atoms with Crippen LogP contribution in [0, 0.1) is 0 Å². The Morgan fingerprint density at radius 1 is 1.09 bits per heavy atom. The van der Waals surface area contributed by atoms with Crippen molar-refractivity contribution in [3.63, 3.8) is 0 Å². The average Bonchev–Trinajstić information content (AvgIpc) is 2.32. The smallest absolute Gasteiger partial charge is 0.234 e. The number of rotatable bonds is 0. The number of ether oxygens (including phenoxy) is 1. The molecular formula is C8H10F2O. The summed E-state index contributed by atoms with van der Waals surface area (Å²) >= 11 is 0. The van der Waals surface area contributed by atoms with E-state index in [1.807, 2.05) is 0 Å². The van der Waals surface area contributed by atoms with E-state index in [-0.39, 0.29) is 12.8 Å². The Bertz CT molecular complexity index is 224. The second-order valence-corrected chi connectivity index (χ2v) is 3.31. The predicted molar refractivity (Wildman–Crippen MR) is 36.4 cm³/mol. The number of hydrogen-bond acceptors (Lipinski definition) is 1. The highest BCUT2D eigenvalue weighted by Gasteiger charge is 2.59. The first-order valence-electron chi connectivity index (χ1n) is 3.74. The van der Waals surface area contributed by atoms with Crippen LogP contribution in [0.2, 0.25) is 0 Å². The highest BCUT2D eigenvalue weighted by molar-refractivity contribution is 5.33. The zero-order valence-corrected chi connectivity index (χ0v) is 6.58. The van der Waals surface area contributed by atoms with Crippen molar-refractivity contribution in [3.05, 3.63) is 11.1 Å². The molecule has 1 fully saturated rings. The van der Waals surface area contributed by atoms with Crippen molar-refractivity contribution in [1.29, 1.82) is 0 Å². The molecule has 3 heteroatoms. The van der Waals surface area contributed by atoms with Crippen LogP contribution in [-0.4, -0.2) is 11.7 Å². The van der Waals surface area contributed by atoms with Gasteiger partial charge in [-0.2, -0.15) is 0 Å². The second kappa shape index (κ2) is 1.66. The molecule has 0 aromatic carbocycles. The molecule has 0 radical (unpaired) electrons. The van der Waals surface area contributed by atoms with E-state index < -0.39 is 11.7 Å². The summed E-state index contributed by atoms with van der Waals surface area (Å²) in [5.41, 5.74) is 0.845. The van der Waals surface area contributed by atoms with Crippen molar-refractivity contribution in [2.45, 2.75) is 38.4 Å². The van der Waals surface area contributed by atoms with Gasteiger partial charge in [0.2, 0.25) is 11.7 Å². The lowest BCUT2D eigenvalue weighted by molar-refractivity contribution is -0.167. The van der Waals surface area contributed by atoms with Gasteiger partial charge in [0.25, 0.3) is 0 Å². The summed E-state index contributed by atoms with van der Waals surface area (Å²) in [5.74, 6) is -3.59. The Morgan fingerprint density at radius 3 is 1.64 bits per heavy atom. The van der Waals surface area contributed by atoms with Crippen molar-refractivity contribution in [1.82, 2.24) is 0 Å². The van der Waals surface area contributed by atoms with Gasteiger partial charge in [-0.05, 0) is 25.0 Å². The first-order valence-corrected chi connectivity index (χ1v) is 3.74. The van der Waals surface area contributed by atoms with Gasteiger partial charge >= 0.3 is 0 Å². The Hall–Kier alpha value is -0.440. The maximum atomic E-state index is 13.5. The molecule has 0 amide bonds. The van der Waals surface area contributed by atoms with E-state index in [0.717, 1.165) is 0 Å². The molecule has 2 unspecified atom stereocenters. The van der Waals surface area contributed by atoms with Gasteiger partial charge in [0.15, 0.2) is 0 Å². The molecule has 2 rings (SSSR count). The molecule has 2 heterocycles. The van der Waals surface area contributed by atoms with Gasteiger partial charge in [0.1, 0.15) is 0 Å². The fourth-order valence-corrected chi connectivity index (χ4v) is 1.77. The largest absolute Gasteiger partial charge is 0.301 e. The van der Waals surface area contributed by atoms with Crippen molar-refractivity contribution < 1.29 is 13.5 Å². The molecule has 1 saturated heterocycles. The van der Waals surface area contributed by atoms with Crippen LogP contribution in [0.4, 0.5) is 8.78 Å². The van der Waals surface area contributed by atoms with E-state index in [2.05, 4.69) is 4.74 Å². The average molecular weight is 160 g/mol. The minimum absolute atomic E-state index is 0.159. The zero-order chi connectivity index (χ0) is 8.28. The fraction of sp³-hybridized carbons (Fsp3) is 0.750. The van der Waals surface area contributed by atoms with Crippen LogP contribution >= 0.6 is 0 Å². The van der Waals surface area contributed by atoms with E-state index in [9.17, 15) is 8.78 Å². The van der Waals surface area contributed by atoms with Crippen molar-refractivity contribution >= 4 is 0 Å². The summed E-state index contributed by atoms with van der Waals surface area (Å²) in [5, 5.41) is 0. The Labute approximate surface area is 64.0 Å². The highest BCUT2D eigenvalue weighted by Crippen LogP contribution is 2.55. The van der Waals surface area contributed by atoms with E-state index in [1.165, 1.54) is 0 Å². The topological polar surface area (TPSA) is 9.23 Å². The summed E-state index contributed by atoms with van der Waals surface area (Å²) in [7, 11) is 0. The van der Waals surface area contributed by atoms with E-state index in [4.69, 9.17) is 0 Å². The molecule has 1 nitrogen and oxygen atoms in total. The van der Waals surface area contributed by atoms with Gasteiger partial charge in [-0.1, -0.05) is 0 Å². The van der Waals surface area contributed by atoms with Crippen LogP contribution in [0.5, 0.6) is 0 Å². The molecule has 62 valence electrons.